The molecular formula is C31H35N3O7. The monoisotopic (exact) mass is 561 g/mol. The molecule has 2 aromatic carbocycles. The highest BCUT2D eigenvalue weighted by Gasteiger charge is 2.53. The van der Waals surface area contributed by atoms with Crippen LogP contribution in [0.5, 0.6) is 0 Å². The Labute approximate surface area is 239 Å². The number of rotatable bonds is 10. The number of epoxide rings is 1. The third kappa shape index (κ3) is 7.01. The van der Waals surface area contributed by atoms with Crippen molar-refractivity contribution in [3.8, 4) is 0 Å². The number of piperazine rings is 1. The third-order valence-electron chi connectivity index (χ3n) is 7.33. The topological polar surface area (TPSA) is 118 Å². The van der Waals surface area contributed by atoms with Crippen molar-refractivity contribution in [3.05, 3.63) is 77.4 Å². The summed E-state index contributed by atoms with van der Waals surface area (Å²) in [6, 6.07) is 16.0. The first-order valence-corrected chi connectivity index (χ1v) is 14.0. The normalized spacial score (nSPS) is 22.8. The van der Waals surface area contributed by atoms with Gasteiger partial charge < -0.3 is 24.4 Å². The predicted molar refractivity (Wildman–Crippen MR) is 149 cm³/mol. The second-order valence-electron chi connectivity index (χ2n) is 10.9. The first-order valence-electron chi connectivity index (χ1n) is 14.0. The summed E-state index contributed by atoms with van der Waals surface area (Å²) in [4.78, 5) is 55.0. The minimum absolute atomic E-state index is 0.138. The van der Waals surface area contributed by atoms with Crippen LogP contribution in [-0.4, -0.2) is 84.5 Å². The van der Waals surface area contributed by atoms with E-state index in [4.69, 9.17) is 14.2 Å². The quantitative estimate of drug-likeness (QED) is 0.348. The summed E-state index contributed by atoms with van der Waals surface area (Å²) in [5.74, 6) is -1.90. The van der Waals surface area contributed by atoms with Crippen LogP contribution in [0.15, 0.2) is 60.7 Å². The molecule has 0 aromatic heterocycles. The Hall–Kier alpha value is -4.02. The Morgan fingerprint density at radius 1 is 1.00 bits per heavy atom. The van der Waals surface area contributed by atoms with Crippen molar-refractivity contribution in [1.82, 2.24) is 15.1 Å². The average Bonchev–Trinajstić information content (AvgIpc) is 3.72. The van der Waals surface area contributed by atoms with Crippen molar-refractivity contribution in [2.24, 2.45) is 5.92 Å². The van der Waals surface area contributed by atoms with Gasteiger partial charge >= 0.3 is 11.9 Å². The summed E-state index contributed by atoms with van der Waals surface area (Å²) in [7, 11) is 0. The van der Waals surface area contributed by atoms with Gasteiger partial charge in [0, 0.05) is 38.3 Å². The van der Waals surface area contributed by atoms with Crippen LogP contribution < -0.4 is 5.32 Å². The first-order chi connectivity index (χ1) is 19.8. The molecule has 2 aromatic rings. The molecule has 216 valence electrons. The Morgan fingerprint density at radius 3 is 2.44 bits per heavy atom. The number of carbonyl (C=O) groups is 4. The van der Waals surface area contributed by atoms with Crippen molar-refractivity contribution in [2.75, 3.05) is 32.7 Å². The standard InChI is InChI=1S/C31H35N3O7/c1-20(2)19-24(28(36)34-17-15-33(16-18-34)14-8-11-21-9-4-3-5-10-21)32-27(35)25-26(39-25)30(38)41-31-23-13-7-6-12-22(23)29(37)40-31/h3-13,20,24-26,31H,14-19H2,1-2H3,(H,32,35)/t24-,25+,26+,31?/m0/s1. The van der Waals surface area contributed by atoms with Crippen molar-refractivity contribution >= 4 is 29.8 Å². The zero-order valence-corrected chi connectivity index (χ0v) is 23.2. The molecule has 1 unspecified atom stereocenters. The van der Waals surface area contributed by atoms with Crippen LogP contribution in [0, 0.1) is 5.92 Å². The van der Waals surface area contributed by atoms with Crippen LogP contribution in [0.25, 0.3) is 6.08 Å². The number of nitrogens with zero attached hydrogens (tertiary/aromatic N) is 2. The fourth-order valence-corrected chi connectivity index (χ4v) is 5.08. The Balaban J connectivity index is 1.10. The van der Waals surface area contributed by atoms with Crippen LogP contribution in [0.2, 0.25) is 0 Å². The van der Waals surface area contributed by atoms with Crippen molar-refractivity contribution in [3.63, 3.8) is 0 Å². The number of amides is 2. The van der Waals surface area contributed by atoms with E-state index in [1.54, 1.807) is 29.2 Å². The molecule has 41 heavy (non-hydrogen) atoms. The minimum Gasteiger partial charge on any atom is -0.419 e. The van der Waals surface area contributed by atoms with Gasteiger partial charge in [0.2, 0.25) is 5.91 Å². The minimum atomic E-state index is -1.18. The molecule has 0 aliphatic carbocycles. The lowest BCUT2D eigenvalue weighted by atomic mass is 10.0. The zero-order valence-electron chi connectivity index (χ0n) is 23.2. The van der Waals surface area contributed by atoms with E-state index in [9.17, 15) is 19.2 Å². The number of cyclic esters (lactones) is 1. The van der Waals surface area contributed by atoms with Gasteiger partial charge in [-0.1, -0.05) is 74.5 Å². The Kier molecular flexibility index (Phi) is 8.80. The molecule has 0 saturated carbocycles. The molecule has 0 spiro atoms. The van der Waals surface area contributed by atoms with Gasteiger partial charge in [-0.05, 0) is 24.0 Å². The van der Waals surface area contributed by atoms with E-state index in [1.165, 1.54) is 0 Å². The maximum Gasteiger partial charge on any atom is 0.342 e. The molecule has 3 aliphatic rings. The highest BCUT2D eigenvalue weighted by Crippen LogP contribution is 2.34. The van der Waals surface area contributed by atoms with Gasteiger partial charge in [0.15, 0.2) is 12.2 Å². The summed E-state index contributed by atoms with van der Waals surface area (Å²) in [5, 5.41) is 2.80. The van der Waals surface area contributed by atoms with Gasteiger partial charge in [0.05, 0.1) is 5.56 Å². The van der Waals surface area contributed by atoms with Crippen molar-refractivity contribution < 1.29 is 33.4 Å². The molecule has 0 radical (unpaired) electrons. The molecule has 2 fully saturated rings. The van der Waals surface area contributed by atoms with Gasteiger partial charge in [-0.25, -0.2) is 9.59 Å². The summed E-state index contributed by atoms with van der Waals surface area (Å²) >= 11 is 0. The highest BCUT2D eigenvalue weighted by molar-refractivity contribution is 5.96. The predicted octanol–water partition coefficient (Wildman–Crippen LogP) is 2.55. The van der Waals surface area contributed by atoms with E-state index >= 15 is 0 Å². The van der Waals surface area contributed by atoms with Crippen LogP contribution in [0.1, 0.15) is 48.0 Å². The molecule has 4 atom stereocenters. The van der Waals surface area contributed by atoms with Gasteiger partial charge in [-0.15, -0.1) is 0 Å². The van der Waals surface area contributed by atoms with E-state index < -0.39 is 42.4 Å². The molecule has 10 heteroatoms. The third-order valence-corrected chi connectivity index (χ3v) is 7.33. The van der Waals surface area contributed by atoms with Crippen LogP contribution >= 0.6 is 0 Å². The first kappa shape index (κ1) is 28.5. The fraction of sp³-hybridized carbons (Fsp3) is 0.419. The van der Waals surface area contributed by atoms with E-state index in [-0.39, 0.29) is 11.8 Å². The number of carbonyl (C=O) groups excluding carboxylic acids is 4. The van der Waals surface area contributed by atoms with E-state index in [2.05, 4.69) is 34.5 Å². The molecule has 3 heterocycles. The number of esters is 2. The van der Waals surface area contributed by atoms with Crippen molar-refractivity contribution in [2.45, 2.75) is 44.8 Å². The molecular weight excluding hydrogens is 526 g/mol. The summed E-state index contributed by atoms with van der Waals surface area (Å²) in [6.07, 6.45) is 1.31. The second-order valence-corrected chi connectivity index (χ2v) is 10.9. The lowest BCUT2D eigenvalue weighted by molar-refractivity contribution is -0.169. The largest absolute Gasteiger partial charge is 0.419 e. The smallest absolute Gasteiger partial charge is 0.342 e. The molecule has 2 amide bonds. The summed E-state index contributed by atoms with van der Waals surface area (Å²) in [5.41, 5.74) is 1.93. The van der Waals surface area contributed by atoms with Crippen LogP contribution in [0.4, 0.5) is 0 Å². The lowest BCUT2D eigenvalue weighted by Gasteiger charge is -2.36. The fourth-order valence-electron chi connectivity index (χ4n) is 5.08. The Bertz CT molecular complexity index is 1300. The highest BCUT2D eigenvalue weighted by atomic mass is 16.7. The van der Waals surface area contributed by atoms with Crippen LogP contribution in [-0.2, 0) is 28.6 Å². The second kappa shape index (κ2) is 12.7. The average molecular weight is 562 g/mol. The molecule has 10 nitrogen and oxygen atoms in total. The number of hydrogen-bond donors (Lipinski definition) is 1. The summed E-state index contributed by atoms with van der Waals surface area (Å²) in [6.45, 7) is 7.38. The Morgan fingerprint density at radius 2 is 1.71 bits per heavy atom. The number of ether oxygens (including phenoxy) is 3. The summed E-state index contributed by atoms with van der Waals surface area (Å²) < 4.78 is 15.8. The van der Waals surface area contributed by atoms with Gasteiger partial charge in [0.1, 0.15) is 6.04 Å². The maximum atomic E-state index is 13.4. The maximum absolute atomic E-state index is 13.4. The van der Waals surface area contributed by atoms with Gasteiger partial charge in [0.25, 0.3) is 12.2 Å². The number of benzene rings is 2. The molecule has 2 saturated heterocycles. The zero-order chi connectivity index (χ0) is 28.9. The van der Waals surface area contributed by atoms with Crippen molar-refractivity contribution in [1.29, 1.82) is 0 Å². The number of fused-ring (bicyclic) bond motifs is 1. The number of nitrogens with one attached hydrogen (secondary N) is 1. The van der Waals surface area contributed by atoms with E-state index in [0.717, 1.165) is 25.2 Å². The molecule has 1 N–H and O–H groups in total. The SMILES string of the molecule is CC(C)C[C@H](NC(=O)[C@@H]1O[C@H]1C(=O)OC1OC(=O)c2ccccc21)C(=O)N1CCN(CC=Cc2ccccc2)CC1. The van der Waals surface area contributed by atoms with E-state index in [1.807, 2.05) is 32.0 Å². The lowest BCUT2D eigenvalue weighted by Crippen LogP contribution is -2.55. The van der Waals surface area contributed by atoms with Gasteiger partial charge in [-0.3, -0.25) is 14.5 Å². The molecule has 3 aliphatic heterocycles. The van der Waals surface area contributed by atoms with E-state index in [0.29, 0.717) is 30.6 Å². The van der Waals surface area contributed by atoms with Crippen LogP contribution in [0.3, 0.4) is 0 Å². The molecule has 0 bridgehead atoms. The number of hydrogen-bond acceptors (Lipinski definition) is 8. The molecule has 5 rings (SSSR count). The van der Waals surface area contributed by atoms with Gasteiger partial charge in [-0.2, -0.15) is 0 Å².